The smallest absolute Gasteiger partial charge is 0.262 e. The molecule has 2 N–H and O–H groups in total. The van der Waals surface area contributed by atoms with Gasteiger partial charge in [0.1, 0.15) is 5.75 Å². The lowest BCUT2D eigenvalue weighted by atomic mass is 10.1. The van der Waals surface area contributed by atoms with Crippen LogP contribution >= 0.6 is 23.4 Å². The molecule has 7 heteroatoms. The number of hydrogen-bond acceptors (Lipinski definition) is 4. The van der Waals surface area contributed by atoms with E-state index in [1.54, 1.807) is 19.2 Å². The van der Waals surface area contributed by atoms with Gasteiger partial charge < -0.3 is 15.4 Å². The van der Waals surface area contributed by atoms with Crippen LogP contribution in [0.3, 0.4) is 0 Å². The van der Waals surface area contributed by atoms with Gasteiger partial charge in [0, 0.05) is 22.0 Å². The monoisotopic (exact) mass is 464 g/mol. The summed E-state index contributed by atoms with van der Waals surface area (Å²) in [7, 11) is 1.61. The number of ether oxygens (including phenoxy) is 1. The molecule has 0 aliphatic carbocycles. The highest BCUT2D eigenvalue weighted by molar-refractivity contribution is 8.04. The van der Waals surface area contributed by atoms with E-state index in [0.29, 0.717) is 34.1 Å². The number of rotatable bonds is 6. The van der Waals surface area contributed by atoms with Gasteiger partial charge in [-0.2, -0.15) is 0 Å². The third-order valence-corrected chi connectivity index (χ3v) is 6.29. The molecule has 0 radical (unpaired) electrons. The van der Waals surface area contributed by atoms with Gasteiger partial charge in [0.15, 0.2) is 0 Å². The molecule has 0 saturated heterocycles. The Bertz CT molecular complexity index is 1190. The van der Waals surface area contributed by atoms with Crippen molar-refractivity contribution in [3.8, 4) is 5.75 Å². The van der Waals surface area contributed by atoms with E-state index in [-0.39, 0.29) is 11.8 Å². The van der Waals surface area contributed by atoms with Crippen molar-refractivity contribution in [2.75, 3.05) is 19.0 Å². The zero-order chi connectivity index (χ0) is 22.5. The van der Waals surface area contributed by atoms with Crippen LogP contribution in [0.2, 0.25) is 5.02 Å². The SMILES string of the molecule is COc1cccc(C=C2Sc3ccc(C(=O)NCCc4ccc(Cl)cc4)cc3NC2=O)c1. The van der Waals surface area contributed by atoms with Gasteiger partial charge >= 0.3 is 0 Å². The summed E-state index contributed by atoms with van der Waals surface area (Å²) >= 11 is 7.27. The highest BCUT2D eigenvalue weighted by Gasteiger charge is 2.22. The van der Waals surface area contributed by atoms with Crippen molar-refractivity contribution < 1.29 is 14.3 Å². The number of nitrogens with one attached hydrogen (secondary N) is 2. The molecule has 162 valence electrons. The quantitative estimate of drug-likeness (QED) is 0.479. The van der Waals surface area contributed by atoms with Crippen LogP contribution in [0.4, 0.5) is 5.69 Å². The maximum absolute atomic E-state index is 12.6. The van der Waals surface area contributed by atoms with Gasteiger partial charge in [-0.05, 0) is 66.1 Å². The van der Waals surface area contributed by atoms with Crippen LogP contribution in [0.5, 0.6) is 5.75 Å². The van der Waals surface area contributed by atoms with Crippen LogP contribution in [-0.2, 0) is 11.2 Å². The summed E-state index contributed by atoms with van der Waals surface area (Å²) in [5.41, 5.74) is 3.11. The average Bonchev–Trinajstić information content (AvgIpc) is 2.80. The lowest BCUT2D eigenvalue weighted by molar-refractivity contribution is -0.112. The van der Waals surface area contributed by atoms with E-state index >= 15 is 0 Å². The second-order valence-electron chi connectivity index (χ2n) is 7.18. The van der Waals surface area contributed by atoms with Gasteiger partial charge in [0.2, 0.25) is 0 Å². The number of thioether (sulfide) groups is 1. The number of carbonyl (C=O) groups excluding carboxylic acids is 2. The lowest BCUT2D eigenvalue weighted by Gasteiger charge is -2.19. The Morgan fingerprint density at radius 3 is 2.72 bits per heavy atom. The van der Waals surface area contributed by atoms with Crippen LogP contribution in [0.25, 0.3) is 6.08 Å². The molecule has 4 rings (SSSR count). The number of anilines is 1. The molecule has 1 aliphatic rings. The van der Waals surface area contributed by atoms with Crippen molar-refractivity contribution >= 4 is 46.9 Å². The van der Waals surface area contributed by atoms with E-state index in [4.69, 9.17) is 16.3 Å². The minimum Gasteiger partial charge on any atom is -0.497 e. The number of hydrogen-bond donors (Lipinski definition) is 2. The first-order valence-corrected chi connectivity index (χ1v) is 11.2. The van der Waals surface area contributed by atoms with Gasteiger partial charge in [-0.25, -0.2) is 0 Å². The summed E-state index contributed by atoms with van der Waals surface area (Å²) in [6, 6.07) is 20.4. The molecule has 0 unspecified atom stereocenters. The number of methoxy groups -OCH3 is 1. The molecule has 32 heavy (non-hydrogen) atoms. The number of benzene rings is 3. The second-order valence-corrected chi connectivity index (χ2v) is 8.70. The van der Waals surface area contributed by atoms with Crippen molar-refractivity contribution in [1.82, 2.24) is 5.32 Å². The van der Waals surface area contributed by atoms with Crippen molar-refractivity contribution in [2.24, 2.45) is 0 Å². The molecular weight excluding hydrogens is 444 g/mol. The molecule has 0 atom stereocenters. The molecule has 5 nitrogen and oxygen atoms in total. The fourth-order valence-corrected chi connectivity index (χ4v) is 4.32. The van der Waals surface area contributed by atoms with Gasteiger partial charge in [-0.1, -0.05) is 47.6 Å². The Morgan fingerprint density at radius 2 is 1.94 bits per heavy atom. The first-order chi connectivity index (χ1) is 15.5. The molecule has 1 aliphatic heterocycles. The van der Waals surface area contributed by atoms with Crippen LogP contribution in [0, 0.1) is 0 Å². The largest absolute Gasteiger partial charge is 0.497 e. The summed E-state index contributed by atoms with van der Waals surface area (Å²) in [5, 5.41) is 6.50. The predicted octanol–water partition coefficient (Wildman–Crippen LogP) is 5.41. The second kappa shape index (κ2) is 9.94. The molecule has 2 amide bonds. The Kier molecular flexibility index (Phi) is 6.83. The summed E-state index contributed by atoms with van der Waals surface area (Å²) < 4.78 is 5.24. The maximum Gasteiger partial charge on any atom is 0.262 e. The number of carbonyl (C=O) groups is 2. The standard InChI is InChI=1S/C25H21ClN2O3S/c1-31-20-4-2-3-17(13-20)14-23-25(30)28-21-15-18(7-10-22(21)32-23)24(29)27-12-11-16-5-8-19(26)9-6-16/h2-10,13-15H,11-12H2,1H3,(H,27,29)(H,28,30). The summed E-state index contributed by atoms with van der Waals surface area (Å²) in [6.45, 7) is 0.506. The Labute approximate surface area is 195 Å². The predicted molar refractivity (Wildman–Crippen MR) is 129 cm³/mol. The zero-order valence-corrected chi connectivity index (χ0v) is 18.9. The summed E-state index contributed by atoms with van der Waals surface area (Å²) in [5.74, 6) is 0.344. The number of halogens is 1. The van der Waals surface area contributed by atoms with Crippen LogP contribution in [-0.4, -0.2) is 25.5 Å². The Hall–Kier alpha value is -3.22. The van der Waals surface area contributed by atoms with E-state index < -0.39 is 0 Å². The van der Waals surface area contributed by atoms with Gasteiger partial charge in [-0.15, -0.1) is 0 Å². The average molecular weight is 465 g/mol. The lowest BCUT2D eigenvalue weighted by Crippen LogP contribution is -2.26. The number of amides is 2. The van der Waals surface area contributed by atoms with Crippen molar-refractivity contribution in [3.63, 3.8) is 0 Å². The maximum atomic E-state index is 12.6. The van der Waals surface area contributed by atoms with Crippen LogP contribution in [0.15, 0.2) is 76.5 Å². The zero-order valence-electron chi connectivity index (χ0n) is 17.4. The van der Waals surface area contributed by atoms with Crippen LogP contribution < -0.4 is 15.4 Å². The molecule has 3 aromatic carbocycles. The Balaban J connectivity index is 1.42. The normalized spacial score (nSPS) is 13.9. The van der Waals surface area contributed by atoms with Crippen molar-refractivity contribution in [2.45, 2.75) is 11.3 Å². The number of fused-ring (bicyclic) bond motifs is 1. The van der Waals surface area contributed by atoms with E-state index in [0.717, 1.165) is 21.8 Å². The van der Waals surface area contributed by atoms with E-state index in [1.807, 2.05) is 60.7 Å². The van der Waals surface area contributed by atoms with Crippen molar-refractivity contribution in [3.05, 3.63) is 93.3 Å². The first kappa shape index (κ1) is 22.0. The molecule has 1 heterocycles. The molecule has 0 saturated carbocycles. The molecule has 0 spiro atoms. The fraction of sp³-hybridized carbons (Fsp3) is 0.120. The van der Waals surface area contributed by atoms with E-state index in [2.05, 4.69) is 10.6 Å². The third kappa shape index (κ3) is 5.33. The third-order valence-electron chi connectivity index (χ3n) is 4.94. The highest BCUT2D eigenvalue weighted by atomic mass is 35.5. The summed E-state index contributed by atoms with van der Waals surface area (Å²) in [6.07, 6.45) is 2.53. The molecular formula is C25H21ClN2O3S. The van der Waals surface area contributed by atoms with Crippen LogP contribution in [0.1, 0.15) is 21.5 Å². The van der Waals surface area contributed by atoms with E-state index in [1.165, 1.54) is 11.8 Å². The molecule has 0 aromatic heterocycles. The minimum absolute atomic E-state index is 0.182. The Morgan fingerprint density at radius 1 is 1.12 bits per heavy atom. The summed E-state index contributed by atoms with van der Waals surface area (Å²) in [4.78, 5) is 26.6. The topological polar surface area (TPSA) is 67.4 Å². The van der Waals surface area contributed by atoms with Crippen molar-refractivity contribution in [1.29, 1.82) is 0 Å². The molecule has 3 aromatic rings. The first-order valence-electron chi connectivity index (χ1n) is 10.0. The van der Waals surface area contributed by atoms with Gasteiger partial charge in [0.05, 0.1) is 17.7 Å². The molecule has 0 fully saturated rings. The minimum atomic E-state index is -0.203. The van der Waals surface area contributed by atoms with E-state index in [9.17, 15) is 9.59 Å². The van der Waals surface area contributed by atoms with Gasteiger partial charge in [0.25, 0.3) is 11.8 Å². The van der Waals surface area contributed by atoms with Gasteiger partial charge in [-0.3, -0.25) is 9.59 Å². The fourth-order valence-electron chi connectivity index (χ4n) is 3.26. The molecule has 0 bridgehead atoms. The highest BCUT2D eigenvalue weighted by Crippen LogP contribution is 2.39.